The van der Waals surface area contributed by atoms with Gasteiger partial charge in [-0.05, 0) is 71.3 Å². The molecule has 0 bridgehead atoms. The van der Waals surface area contributed by atoms with Gasteiger partial charge in [0.2, 0.25) is 0 Å². The number of carbonyl (C=O) groups excluding carboxylic acids is 1. The molecule has 2 aromatic rings. The van der Waals surface area contributed by atoms with E-state index >= 15 is 0 Å². The fraction of sp³-hybridized carbons (Fsp3) is 0.364. The van der Waals surface area contributed by atoms with Gasteiger partial charge in [-0.3, -0.25) is 15.2 Å². The zero-order valence-electron chi connectivity index (χ0n) is 16.5. The maximum absolute atomic E-state index is 13.0. The first kappa shape index (κ1) is 21.9. The number of anilines is 1. The van der Waals surface area contributed by atoms with Crippen molar-refractivity contribution in [1.82, 2.24) is 10.4 Å². The Morgan fingerprint density at radius 3 is 2.40 bits per heavy atom. The van der Waals surface area contributed by atoms with Crippen molar-refractivity contribution in [2.24, 2.45) is 5.10 Å². The van der Waals surface area contributed by atoms with Crippen LogP contribution in [0.3, 0.4) is 0 Å². The second-order valence-corrected chi connectivity index (χ2v) is 9.69. The number of amides is 1. The minimum Gasteiger partial charge on any atom is -0.284 e. The van der Waals surface area contributed by atoms with Gasteiger partial charge in [-0.25, -0.2) is 5.01 Å². The van der Waals surface area contributed by atoms with E-state index in [1.54, 1.807) is 12.1 Å². The van der Waals surface area contributed by atoms with Crippen LogP contribution < -0.4 is 10.4 Å². The molecule has 0 saturated carbocycles. The predicted octanol–water partition coefficient (Wildman–Crippen LogP) is 5.81. The van der Waals surface area contributed by atoms with Crippen molar-refractivity contribution in [3.05, 3.63) is 61.6 Å². The van der Waals surface area contributed by atoms with Crippen LogP contribution in [-0.2, 0) is 4.79 Å². The van der Waals surface area contributed by atoms with Gasteiger partial charge in [0.05, 0.1) is 16.8 Å². The molecule has 0 aliphatic carbocycles. The molecule has 8 heteroatoms. The van der Waals surface area contributed by atoms with E-state index in [-0.39, 0.29) is 11.9 Å². The molecule has 1 saturated heterocycles. The molecule has 4 rings (SSSR count). The molecule has 1 N–H and O–H groups in total. The first-order chi connectivity index (χ1) is 14.5. The van der Waals surface area contributed by atoms with Crippen molar-refractivity contribution < 1.29 is 4.79 Å². The number of halogens is 3. The Balaban J connectivity index is 1.61. The highest BCUT2D eigenvalue weighted by Gasteiger charge is 2.34. The fourth-order valence-corrected chi connectivity index (χ4v) is 4.73. The van der Waals surface area contributed by atoms with Crippen LogP contribution in [0.25, 0.3) is 0 Å². The van der Waals surface area contributed by atoms with E-state index in [2.05, 4.69) is 52.3 Å². The Kier molecular flexibility index (Phi) is 7.18. The van der Waals surface area contributed by atoms with Gasteiger partial charge in [0, 0.05) is 28.1 Å². The summed E-state index contributed by atoms with van der Waals surface area (Å²) < 4.78 is 1.16. The number of hydrazone groups is 1. The number of hydrogen-bond acceptors (Lipinski definition) is 4. The van der Waals surface area contributed by atoms with E-state index in [0.717, 1.165) is 40.8 Å². The molecule has 1 unspecified atom stereocenters. The van der Waals surface area contributed by atoms with Crippen LogP contribution >= 0.6 is 45.8 Å². The van der Waals surface area contributed by atoms with Gasteiger partial charge < -0.3 is 0 Å². The Labute approximate surface area is 200 Å². The molecular formula is C22H23Cl2IN4O. The molecule has 158 valence electrons. The summed E-state index contributed by atoms with van der Waals surface area (Å²) in [6, 6.07) is 13.5. The molecule has 2 aromatic carbocycles. The third-order valence-electron chi connectivity index (χ3n) is 5.45. The maximum Gasteiger partial charge on any atom is 0.281 e. The highest BCUT2D eigenvalue weighted by molar-refractivity contribution is 14.1. The summed E-state index contributed by atoms with van der Waals surface area (Å²) >= 11 is 14.9. The second-order valence-electron chi connectivity index (χ2n) is 7.60. The van der Waals surface area contributed by atoms with Gasteiger partial charge >= 0.3 is 0 Å². The number of hydrazine groups is 1. The van der Waals surface area contributed by atoms with Crippen molar-refractivity contribution in [2.45, 2.75) is 38.1 Å². The summed E-state index contributed by atoms with van der Waals surface area (Å²) in [5.41, 5.74) is 5.39. The van der Waals surface area contributed by atoms with Crippen molar-refractivity contribution in [3.63, 3.8) is 0 Å². The molecule has 5 nitrogen and oxygen atoms in total. The summed E-state index contributed by atoms with van der Waals surface area (Å²) in [7, 11) is 0. The number of benzene rings is 2. The van der Waals surface area contributed by atoms with Crippen LogP contribution in [0.4, 0.5) is 5.69 Å². The van der Waals surface area contributed by atoms with Crippen LogP contribution in [-0.4, -0.2) is 29.7 Å². The molecule has 1 fully saturated rings. The summed E-state index contributed by atoms with van der Waals surface area (Å²) in [6.07, 6.45) is 5.14. The molecule has 2 aliphatic rings. The van der Waals surface area contributed by atoms with E-state index in [9.17, 15) is 4.79 Å². The lowest BCUT2D eigenvalue weighted by molar-refractivity contribution is -0.119. The zero-order chi connectivity index (χ0) is 21.1. The highest BCUT2D eigenvalue weighted by atomic mass is 127. The van der Waals surface area contributed by atoms with E-state index in [1.807, 2.05) is 16.1 Å². The van der Waals surface area contributed by atoms with Crippen LogP contribution in [0, 0.1) is 3.57 Å². The fourth-order valence-electron chi connectivity index (χ4n) is 3.87. The minimum absolute atomic E-state index is 0.106. The smallest absolute Gasteiger partial charge is 0.281 e. The van der Waals surface area contributed by atoms with Crippen LogP contribution in [0.1, 0.15) is 43.7 Å². The molecular weight excluding hydrogens is 534 g/mol. The molecule has 0 aromatic heterocycles. The van der Waals surface area contributed by atoms with Gasteiger partial charge in [-0.15, -0.1) is 0 Å². The lowest BCUT2D eigenvalue weighted by Crippen LogP contribution is -2.45. The highest BCUT2D eigenvalue weighted by Crippen LogP contribution is 2.39. The Morgan fingerprint density at radius 2 is 1.73 bits per heavy atom. The average Bonchev–Trinajstić information content (AvgIpc) is 3.00. The maximum atomic E-state index is 13.0. The largest absolute Gasteiger partial charge is 0.284 e. The Bertz CT molecular complexity index is 943. The molecule has 30 heavy (non-hydrogen) atoms. The normalized spacial score (nSPS) is 20.0. The lowest BCUT2D eigenvalue weighted by Gasteiger charge is -2.25. The number of rotatable bonds is 4. The van der Waals surface area contributed by atoms with E-state index in [0.29, 0.717) is 22.2 Å². The van der Waals surface area contributed by atoms with Crippen molar-refractivity contribution in [1.29, 1.82) is 0 Å². The van der Waals surface area contributed by atoms with Gasteiger partial charge in [-0.2, -0.15) is 5.10 Å². The summed E-state index contributed by atoms with van der Waals surface area (Å²) in [4.78, 5) is 13.0. The monoisotopic (exact) mass is 556 g/mol. The Morgan fingerprint density at radius 1 is 1.03 bits per heavy atom. The molecule has 0 radical (unpaired) electrons. The predicted molar refractivity (Wildman–Crippen MR) is 131 cm³/mol. The average molecular weight is 557 g/mol. The van der Waals surface area contributed by atoms with Crippen LogP contribution in [0.5, 0.6) is 0 Å². The molecule has 1 amide bonds. The molecule has 2 aliphatic heterocycles. The second kappa shape index (κ2) is 9.85. The van der Waals surface area contributed by atoms with Gasteiger partial charge in [0.1, 0.15) is 5.71 Å². The summed E-state index contributed by atoms with van der Waals surface area (Å²) in [5.74, 6) is -0.139. The van der Waals surface area contributed by atoms with Crippen LogP contribution in [0.15, 0.2) is 47.6 Å². The topological polar surface area (TPSA) is 47.9 Å². The molecule has 0 spiro atoms. The van der Waals surface area contributed by atoms with Gasteiger partial charge in [0.25, 0.3) is 5.91 Å². The van der Waals surface area contributed by atoms with Crippen molar-refractivity contribution >= 4 is 63.1 Å². The summed E-state index contributed by atoms with van der Waals surface area (Å²) in [6.45, 7) is 1.76. The third-order valence-corrected chi connectivity index (χ3v) is 6.71. The minimum atomic E-state index is -0.139. The van der Waals surface area contributed by atoms with E-state index in [4.69, 9.17) is 28.3 Å². The van der Waals surface area contributed by atoms with Crippen molar-refractivity contribution in [2.75, 3.05) is 18.1 Å². The first-order valence-electron chi connectivity index (χ1n) is 10.1. The number of nitrogens with zero attached hydrogens (tertiary/aromatic N) is 3. The standard InChI is InChI=1S/C22H23Cl2IN4O/c23-16-7-10-20(18(24)13-16)29-21(15-5-8-17(25)9-6-15)14-19(26-29)22(30)27-28-11-3-1-2-4-12-28/h5-10,13,21H,1-4,11-12,14H2,(H,27,30). The third kappa shape index (κ3) is 5.10. The first-order valence-corrected chi connectivity index (χ1v) is 12.0. The Hall–Kier alpha value is -1.35. The quantitative estimate of drug-likeness (QED) is 0.483. The summed E-state index contributed by atoms with van der Waals surface area (Å²) in [5, 5.41) is 9.65. The van der Waals surface area contributed by atoms with Crippen LogP contribution in [0.2, 0.25) is 10.0 Å². The number of nitrogens with one attached hydrogen (secondary N) is 1. The van der Waals surface area contributed by atoms with E-state index < -0.39 is 0 Å². The SMILES string of the molecule is O=C(NN1CCCCCC1)C1=NN(c2ccc(Cl)cc2Cl)C(c2ccc(I)cc2)C1. The number of hydrogen-bond donors (Lipinski definition) is 1. The molecule has 2 heterocycles. The lowest BCUT2D eigenvalue weighted by atomic mass is 10.0. The van der Waals surface area contributed by atoms with Gasteiger partial charge in [0.15, 0.2) is 0 Å². The van der Waals surface area contributed by atoms with E-state index in [1.165, 1.54) is 12.8 Å². The van der Waals surface area contributed by atoms with Crippen molar-refractivity contribution in [3.8, 4) is 0 Å². The zero-order valence-corrected chi connectivity index (χ0v) is 20.1. The molecule has 1 atom stereocenters. The van der Waals surface area contributed by atoms with Gasteiger partial charge in [-0.1, -0.05) is 48.2 Å². The number of carbonyl (C=O) groups is 1.